The Morgan fingerprint density at radius 1 is 0.523 bits per heavy atom. The maximum Gasteiger partial charge on any atom is 0.204 e. The molecule has 2 rings (SSSR count). The van der Waals surface area contributed by atoms with Gasteiger partial charge in [-0.2, -0.15) is 0 Å². The largest absolute Gasteiger partial charge is 0.388 e. The SMILES string of the molecule is CC(C)[C@H](O)c1cnc(C#C[Si](C)(C)CCCCCCCCCCCC[Si](C)(C)C#Cc2ncc([C@H](O)C(C)C)cn2)nc1. The van der Waals surface area contributed by atoms with Crippen molar-refractivity contribution in [2.75, 3.05) is 0 Å². The van der Waals surface area contributed by atoms with Gasteiger partial charge < -0.3 is 10.2 Å². The van der Waals surface area contributed by atoms with Crippen LogP contribution in [-0.4, -0.2) is 46.3 Å². The van der Waals surface area contributed by atoms with E-state index in [1.807, 2.05) is 27.7 Å². The van der Waals surface area contributed by atoms with E-state index < -0.39 is 28.4 Å². The zero-order chi connectivity index (χ0) is 32.6. The Kier molecular flexibility index (Phi) is 16.5. The molecule has 2 aromatic heterocycles. The molecule has 0 aliphatic carbocycles. The van der Waals surface area contributed by atoms with Crippen molar-refractivity contribution in [3.05, 3.63) is 47.6 Å². The predicted octanol–water partition coefficient (Wildman–Crippen LogP) is 8.44. The van der Waals surface area contributed by atoms with Crippen molar-refractivity contribution in [2.24, 2.45) is 11.8 Å². The van der Waals surface area contributed by atoms with Crippen molar-refractivity contribution < 1.29 is 10.2 Å². The third-order valence-electron chi connectivity index (χ3n) is 8.17. The Labute approximate surface area is 270 Å². The lowest BCUT2D eigenvalue weighted by molar-refractivity contribution is 0.126. The van der Waals surface area contributed by atoms with Crippen LogP contribution in [0, 0.1) is 34.8 Å². The number of hydrogen-bond acceptors (Lipinski definition) is 6. The van der Waals surface area contributed by atoms with Crippen LogP contribution in [-0.2, 0) is 0 Å². The molecule has 6 nitrogen and oxygen atoms in total. The van der Waals surface area contributed by atoms with Gasteiger partial charge in [-0.05, 0) is 35.8 Å². The van der Waals surface area contributed by atoms with Crippen LogP contribution in [0.4, 0.5) is 0 Å². The van der Waals surface area contributed by atoms with Gasteiger partial charge in [-0.3, -0.25) is 0 Å². The zero-order valence-corrected chi connectivity index (χ0v) is 30.8. The molecule has 2 aromatic rings. The van der Waals surface area contributed by atoms with E-state index in [0.717, 1.165) is 11.1 Å². The maximum absolute atomic E-state index is 10.2. The van der Waals surface area contributed by atoms with Gasteiger partial charge in [0.25, 0.3) is 0 Å². The minimum atomic E-state index is -1.59. The summed E-state index contributed by atoms with van der Waals surface area (Å²) in [7, 11) is -3.18. The highest BCUT2D eigenvalue weighted by Gasteiger charge is 2.19. The molecule has 0 bridgehead atoms. The molecular formula is C36H58N4O2Si2. The molecular weight excluding hydrogens is 577 g/mol. The van der Waals surface area contributed by atoms with E-state index in [1.54, 1.807) is 24.8 Å². The summed E-state index contributed by atoms with van der Waals surface area (Å²) in [6.45, 7) is 17.3. The lowest BCUT2D eigenvalue weighted by atomic mass is 10.0. The molecule has 44 heavy (non-hydrogen) atoms. The molecule has 0 aromatic carbocycles. The van der Waals surface area contributed by atoms with Crippen molar-refractivity contribution in [3.8, 4) is 22.9 Å². The van der Waals surface area contributed by atoms with Gasteiger partial charge in [0.1, 0.15) is 16.1 Å². The van der Waals surface area contributed by atoms with Gasteiger partial charge in [0.05, 0.1) is 12.2 Å². The molecule has 0 aliphatic rings. The molecule has 0 unspecified atom stereocenters. The first-order chi connectivity index (χ1) is 20.8. The third kappa shape index (κ3) is 15.1. The smallest absolute Gasteiger partial charge is 0.204 e. The van der Waals surface area contributed by atoms with Crippen LogP contribution in [0.3, 0.4) is 0 Å². The van der Waals surface area contributed by atoms with Crippen molar-refractivity contribution in [1.82, 2.24) is 19.9 Å². The molecule has 0 saturated heterocycles. The summed E-state index contributed by atoms with van der Waals surface area (Å²) < 4.78 is 0. The second-order valence-corrected chi connectivity index (χ2v) is 23.4. The normalized spacial score (nSPS) is 13.3. The Balaban J connectivity index is 1.53. The minimum Gasteiger partial charge on any atom is -0.388 e. The topological polar surface area (TPSA) is 92.0 Å². The summed E-state index contributed by atoms with van der Waals surface area (Å²) >= 11 is 0. The molecule has 0 aliphatic heterocycles. The Bertz CT molecular complexity index is 1130. The van der Waals surface area contributed by atoms with Crippen LogP contribution in [0.1, 0.15) is 127 Å². The molecule has 2 N–H and O–H groups in total. The first-order valence-electron chi connectivity index (χ1n) is 16.9. The number of rotatable bonds is 17. The molecule has 242 valence electrons. The highest BCUT2D eigenvalue weighted by molar-refractivity contribution is 6.85. The van der Waals surface area contributed by atoms with Crippen molar-refractivity contribution in [1.29, 1.82) is 0 Å². The van der Waals surface area contributed by atoms with Crippen molar-refractivity contribution >= 4 is 16.1 Å². The fraction of sp³-hybridized carbons (Fsp3) is 0.667. The molecule has 0 fully saturated rings. The standard InChI is InChI=1S/C36H58N4O2Si2/c1-29(2)35(41)31-25-37-33(38-26-31)19-23-43(5,6)21-17-15-13-11-9-10-12-14-16-18-22-44(7,8)24-20-34-39-27-32(28-40-34)36(42)30(3)4/h25-30,35-36,41-42H,9-18,21-22H2,1-8H3/t35-,36+. The molecule has 0 amide bonds. The van der Waals surface area contributed by atoms with E-state index in [4.69, 9.17) is 0 Å². The van der Waals surface area contributed by atoms with Crippen molar-refractivity contribution in [3.63, 3.8) is 0 Å². The van der Waals surface area contributed by atoms with Gasteiger partial charge in [0.15, 0.2) is 0 Å². The van der Waals surface area contributed by atoms with E-state index in [1.165, 1.54) is 76.3 Å². The van der Waals surface area contributed by atoms with Gasteiger partial charge in [-0.15, -0.1) is 11.1 Å². The van der Waals surface area contributed by atoms with Crippen LogP contribution in [0.25, 0.3) is 0 Å². The van der Waals surface area contributed by atoms with E-state index >= 15 is 0 Å². The number of aliphatic hydroxyl groups excluding tert-OH is 2. The van der Waals surface area contributed by atoms with Crippen LogP contribution in [0.15, 0.2) is 24.8 Å². The lowest BCUT2D eigenvalue weighted by Crippen LogP contribution is -2.23. The number of nitrogens with zero attached hydrogens (tertiary/aromatic N) is 4. The van der Waals surface area contributed by atoms with Gasteiger partial charge in [0, 0.05) is 35.9 Å². The van der Waals surface area contributed by atoms with Gasteiger partial charge in [-0.25, -0.2) is 19.9 Å². The Morgan fingerprint density at radius 3 is 1.07 bits per heavy atom. The number of aromatic nitrogens is 4. The molecule has 2 heterocycles. The Morgan fingerprint density at radius 2 is 0.795 bits per heavy atom. The van der Waals surface area contributed by atoms with Crippen LogP contribution in [0.2, 0.25) is 38.3 Å². The fourth-order valence-corrected chi connectivity index (χ4v) is 8.42. The summed E-state index contributed by atoms with van der Waals surface area (Å²) in [6, 6.07) is 2.44. The molecule has 2 atom stereocenters. The summed E-state index contributed by atoms with van der Waals surface area (Å²) in [5.41, 5.74) is 8.50. The maximum atomic E-state index is 10.2. The highest BCUT2D eigenvalue weighted by atomic mass is 28.3. The van der Waals surface area contributed by atoms with E-state index in [2.05, 4.69) is 69.1 Å². The van der Waals surface area contributed by atoms with Gasteiger partial charge >= 0.3 is 0 Å². The number of hydrogen-bond donors (Lipinski definition) is 2. The zero-order valence-electron chi connectivity index (χ0n) is 28.8. The number of unbranched alkanes of at least 4 members (excludes halogenated alkanes) is 9. The molecule has 0 saturated carbocycles. The predicted molar refractivity (Wildman–Crippen MR) is 188 cm³/mol. The fourth-order valence-electron chi connectivity index (χ4n) is 5.00. The van der Waals surface area contributed by atoms with Gasteiger partial charge in [-0.1, -0.05) is 118 Å². The van der Waals surface area contributed by atoms with Gasteiger partial charge in [0.2, 0.25) is 11.6 Å². The van der Waals surface area contributed by atoms with E-state index in [0.29, 0.717) is 11.6 Å². The lowest BCUT2D eigenvalue weighted by Gasteiger charge is -2.15. The van der Waals surface area contributed by atoms with E-state index in [-0.39, 0.29) is 11.8 Å². The third-order valence-corrected chi connectivity index (χ3v) is 13.0. The second-order valence-electron chi connectivity index (χ2n) is 14.4. The minimum absolute atomic E-state index is 0.142. The van der Waals surface area contributed by atoms with Crippen LogP contribution >= 0.6 is 0 Å². The summed E-state index contributed by atoms with van der Waals surface area (Å²) in [5, 5.41) is 20.3. The highest BCUT2D eigenvalue weighted by Crippen LogP contribution is 2.21. The average molecular weight is 635 g/mol. The molecule has 8 heteroatoms. The first-order valence-corrected chi connectivity index (χ1v) is 23.3. The van der Waals surface area contributed by atoms with Crippen LogP contribution < -0.4 is 0 Å². The second kappa shape index (κ2) is 19.2. The average Bonchev–Trinajstić information content (AvgIpc) is 2.99. The summed E-state index contributed by atoms with van der Waals surface area (Å²) in [4.78, 5) is 17.4. The summed E-state index contributed by atoms with van der Waals surface area (Å²) in [5.74, 6) is 7.78. The molecule has 0 spiro atoms. The monoisotopic (exact) mass is 634 g/mol. The summed E-state index contributed by atoms with van der Waals surface area (Å²) in [6.07, 6.45) is 18.9. The Hall–Kier alpha value is -2.37. The quantitative estimate of drug-likeness (QED) is 0.103. The van der Waals surface area contributed by atoms with Crippen molar-refractivity contribution in [2.45, 2.75) is 142 Å². The molecule has 0 radical (unpaired) electrons. The van der Waals surface area contributed by atoms with E-state index in [9.17, 15) is 10.2 Å². The first kappa shape index (κ1) is 37.8. The van der Waals surface area contributed by atoms with Crippen LogP contribution in [0.5, 0.6) is 0 Å². The number of aliphatic hydroxyl groups is 2.